The van der Waals surface area contributed by atoms with Crippen LogP contribution in [0, 0.1) is 13.8 Å². The van der Waals surface area contributed by atoms with Crippen molar-refractivity contribution in [2.45, 2.75) is 13.8 Å². The van der Waals surface area contributed by atoms with E-state index in [-0.39, 0.29) is 10.9 Å². The molecule has 0 aliphatic carbocycles. The van der Waals surface area contributed by atoms with Crippen molar-refractivity contribution in [3.8, 4) is 0 Å². The monoisotopic (exact) mass is 404 g/mol. The highest BCUT2D eigenvalue weighted by molar-refractivity contribution is 6.37. The van der Waals surface area contributed by atoms with Gasteiger partial charge in [-0.05, 0) is 67.4 Å². The minimum absolute atomic E-state index is 0.233. The van der Waals surface area contributed by atoms with Crippen LogP contribution in [0.25, 0.3) is 0 Å². The Labute approximate surface area is 172 Å². The van der Waals surface area contributed by atoms with Crippen LogP contribution in [0.15, 0.2) is 60.7 Å². The van der Waals surface area contributed by atoms with E-state index in [2.05, 4.69) is 5.32 Å². The number of amides is 3. The van der Waals surface area contributed by atoms with Gasteiger partial charge in [0.1, 0.15) is 0 Å². The van der Waals surface area contributed by atoms with Gasteiger partial charge in [0.05, 0.1) is 27.5 Å². The summed E-state index contributed by atoms with van der Waals surface area (Å²) in [4.78, 5) is 38.9. The first-order chi connectivity index (χ1) is 13.9. The summed E-state index contributed by atoms with van der Waals surface area (Å²) in [6.45, 7) is 3.92. The van der Waals surface area contributed by atoms with Crippen LogP contribution in [0.4, 0.5) is 11.4 Å². The van der Waals surface area contributed by atoms with Crippen molar-refractivity contribution >= 4 is 40.7 Å². The third-order valence-corrected chi connectivity index (χ3v) is 5.33. The first-order valence-electron chi connectivity index (χ1n) is 9.03. The minimum atomic E-state index is -0.395. The predicted octanol–water partition coefficient (Wildman–Crippen LogP) is 5.01. The van der Waals surface area contributed by atoms with E-state index in [1.807, 2.05) is 26.0 Å². The molecule has 1 aliphatic heterocycles. The van der Waals surface area contributed by atoms with Crippen LogP contribution in [-0.4, -0.2) is 17.7 Å². The number of fused-ring (bicyclic) bond motifs is 1. The van der Waals surface area contributed by atoms with Crippen LogP contribution in [0.1, 0.15) is 42.2 Å². The van der Waals surface area contributed by atoms with Gasteiger partial charge in [-0.25, -0.2) is 4.90 Å². The van der Waals surface area contributed by atoms with Gasteiger partial charge in [-0.2, -0.15) is 0 Å². The average molecular weight is 405 g/mol. The van der Waals surface area contributed by atoms with E-state index in [9.17, 15) is 14.4 Å². The summed E-state index contributed by atoms with van der Waals surface area (Å²) in [7, 11) is 0. The highest BCUT2D eigenvalue weighted by Crippen LogP contribution is 2.33. The molecule has 1 heterocycles. The van der Waals surface area contributed by atoms with Crippen molar-refractivity contribution in [2.75, 3.05) is 10.2 Å². The largest absolute Gasteiger partial charge is 0.321 e. The second-order valence-corrected chi connectivity index (χ2v) is 7.32. The van der Waals surface area contributed by atoms with Crippen molar-refractivity contribution in [1.29, 1.82) is 0 Å². The topological polar surface area (TPSA) is 66.5 Å². The summed E-state index contributed by atoms with van der Waals surface area (Å²) in [6.07, 6.45) is 0. The van der Waals surface area contributed by atoms with Crippen molar-refractivity contribution in [3.05, 3.63) is 93.5 Å². The molecular weight excluding hydrogens is 388 g/mol. The smallest absolute Gasteiger partial charge is 0.266 e. The van der Waals surface area contributed by atoms with Crippen molar-refractivity contribution in [3.63, 3.8) is 0 Å². The molecule has 0 saturated heterocycles. The number of hydrogen-bond acceptors (Lipinski definition) is 3. The zero-order valence-corrected chi connectivity index (χ0v) is 16.6. The number of carbonyl (C=O) groups is 3. The number of carbonyl (C=O) groups excluding carboxylic acids is 3. The second kappa shape index (κ2) is 7.18. The first-order valence-corrected chi connectivity index (χ1v) is 9.40. The number of nitrogens with zero attached hydrogens (tertiary/aromatic N) is 1. The molecule has 0 fully saturated rings. The number of hydrogen-bond donors (Lipinski definition) is 1. The number of benzene rings is 3. The Hall–Kier alpha value is -3.44. The highest BCUT2D eigenvalue weighted by Gasteiger charge is 2.36. The Bertz CT molecular complexity index is 1150. The molecule has 0 atom stereocenters. The van der Waals surface area contributed by atoms with E-state index in [1.165, 1.54) is 6.07 Å². The van der Waals surface area contributed by atoms with E-state index in [1.54, 1.807) is 42.5 Å². The van der Waals surface area contributed by atoms with Crippen LogP contribution < -0.4 is 10.2 Å². The lowest BCUT2D eigenvalue weighted by Gasteiger charge is -2.16. The summed E-state index contributed by atoms with van der Waals surface area (Å²) < 4.78 is 0. The Balaban J connectivity index is 1.59. The van der Waals surface area contributed by atoms with Crippen molar-refractivity contribution in [2.24, 2.45) is 0 Å². The van der Waals surface area contributed by atoms with Crippen molar-refractivity contribution < 1.29 is 14.4 Å². The number of aryl methyl sites for hydroxylation is 2. The Morgan fingerprint density at radius 3 is 2.10 bits per heavy atom. The van der Waals surface area contributed by atoms with Gasteiger partial charge in [-0.1, -0.05) is 29.8 Å². The number of anilines is 2. The van der Waals surface area contributed by atoms with Crippen LogP contribution in [0.2, 0.25) is 5.02 Å². The molecule has 1 N–H and O–H groups in total. The fourth-order valence-electron chi connectivity index (χ4n) is 3.25. The zero-order valence-electron chi connectivity index (χ0n) is 15.8. The Morgan fingerprint density at radius 1 is 0.862 bits per heavy atom. The van der Waals surface area contributed by atoms with E-state index < -0.39 is 11.8 Å². The van der Waals surface area contributed by atoms with Gasteiger partial charge in [-0.15, -0.1) is 0 Å². The van der Waals surface area contributed by atoms with Gasteiger partial charge in [0.2, 0.25) is 0 Å². The lowest BCUT2D eigenvalue weighted by atomic mass is 10.1. The average Bonchev–Trinajstić information content (AvgIpc) is 2.96. The minimum Gasteiger partial charge on any atom is -0.321 e. The fourth-order valence-corrected chi connectivity index (χ4v) is 3.47. The molecule has 144 valence electrons. The van der Waals surface area contributed by atoms with Gasteiger partial charge < -0.3 is 5.32 Å². The number of nitrogens with one attached hydrogen (secondary N) is 1. The molecule has 0 spiro atoms. The summed E-state index contributed by atoms with van der Waals surface area (Å²) >= 11 is 6.34. The highest BCUT2D eigenvalue weighted by atomic mass is 35.5. The maximum absolute atomic E-state index is 12.6. The molecule has 0 radical (unpaired) electrons. The maximum Gasteiger partial charge on any atom is 0.266 e. The van der Waals surface area contributed by atoms with Crippen LogP contribution in [0.3, 0.4) is 0 Å². The number of imide groups is 1. The molecule has 4 rings (SSSR count). The molecule has 0 bridgehead atoms. The van der Waals surface area contributed by atoms with E-state index in [4.69, 9.17) is 11.6 Å². The van der Waals surface area contributed by atoms with Gasteiger partial charge in [0.25, 0.3) is 17.7 Å². The van der Waals surface area contributed by atoms with Crippen LogP contribution in [0.5, 0.6) is 0 Å². The van der Waals surface area contributed by atoms with E-state index in [0.717, 1.165) is 16.0 Å². The lowest BCUT2D eigenvalue weighted by molar-refractivity contribution is 0.0924. The quantitative estimate of drug-likeness (QED) is 0.624. The maximum atomic E-state index is 12.6. The molecule has 3 aromatic rings. The molecule has 3 amide bonds. The van der Waals surface area contributed by atoms with Crippen LogP contribution in [-0.2, 0) is 0 Å². The Morgan fingerprint density at radius 2 is 1.52 bits per heavy atom. The van der Waals surface area contributed by atoms with E-state index >= 15 is 0 Å². The Kier molecular flexibility index (Phi) is 4.68. The van der Waals surface area contributed by atoms with Crippen LogP contribution >= 0.6 is 11.6 Å². The third-order valence-electron chi connectivity index (χ3n) is 5.02. The number of rotatable bonds is 3. The lowest BCUT2D eigenvalue weighted by Crippen LogP contribution is -2.29. The normalized spacial score (nSPS) is 12.9. The molecule has 0 saturated carbocycles. The fraction of sp³-hybridized carbons (Fsp3) is 0.0870. The standard InChI is InChI=1S/C23H17ClN2O3/c1-13-7-8-15(11-14(13)2)21(27)25-20-10-9-16(12-19(20)24)26-22(28)17-5-3-4-6-18(17)23(26)29/h3-12H,1-2H3,(H,25,27). The molecule has 0 aromatic heterocycles. The summed E-state index contributed by atoms with van der Waals surface area (Å²) in [5, 5.41) is 3.00. The number of halogens is 1. The second-order valence-electron chi connectivity index (χ2n) is 6.91. The molecule has 5 nitrogen and oxygen atoms in total. The van der Waals surface area contributed by atoms with Gasteiger partial charge in [-0.3, -0.25) is 14.4 Å². The molecule has 29 heavy (non-hydrogen) atoms. The van der Waals surface area contributed by atoms with Gasteiger partial charge in [0, 0.05) is 5.56 Å². The molecular formula is C23H17ClN2O3. The summed E-state index contributed by atoms with van der Waals surface area (Å²) in [5.74, 6) is -1.08. The third kappa shape index (κ3) is 3.30. The van der Waals surface area contributed by atoms with Gasteiger partial charge >= 0.3 is 0 Å². The first kappa shape index (κ1) is 18.9. The molecule has 1 aliphatic rings. The molecule has 0 unspecified atom stereocenters. The summed E-state index contributed by atoms with van der Waals surface area (Å²) in [6, 6.07) is 16.8. The molecule has 6 heteroatoms. The van der Waals surface area contributed by atoms with E-state index in [0.29, 0.717) is 28.1 Å². The molecule has 3 aromatic carbocycles. The zero-order chi connectivity index (χ0) is 20.7. The van der Waals surface area contributed by atoms with Crippen molar-refractivity contribution in [1.82, 2.24) is 0 Å². The summed E-state index contributed by atoms with van der Waals surface area (Å²) in [5.41, 5.74) is 4.12. The SMILES string of the molecule is Cc1ccc(C(=O)Nc2ccc(N3C(=O)c4ccccc4C3=O)cc2Cl)cc1C. The van der Waals surface area contributed by atoms with Gasteiger partial charge in [0.15, 0.2) is 0 Å². The predicted molar refractivity (Wildman–Crippen MR) is 113 cm³/mol.